The van der Waals surface area contributed by atoms with Gasteiger partial charge in [0.05, 0.1) is 0 Å². The van der Waals surface area contributed by atoms with Gasteiger partial charge in [0.1, 0.15) is 6.61 Å². The number of carbonyl (C=O) groups is 2. The predicted molar refractivity (Wildman–Crippen MR) is 82.0 cm³/mol. The molecule has 0 saturated heterocycles. The van der Waals surface area contributed by atoms with E-state index in [9.17, 15) is 4.79 Å². The molecule has 1 aromatic carbocycles. The molecule has 0 spiro atoms. The molecular formula is C16H25NO4. The molecule has 0 heterocycles. The molecule has 1 rings (SSSR count). The van der Waals surface area contributed by atoms with E-state index in [1.165, 1.54) is 0 Å². The molecule has 1 aromatic rings. The number of amides is 1. The van der Waals surface area contributed by atoms with Crippen molar-refractivity contribution in [1.29, 1.82) is 0 Å². The minimum absolute atomic E-state index is 0.0290. The molecule has 0 aliphatic heterocycles. The minimum Gasteiger partial charge on any atom is -0.483 e. The van der Waals surface area contributed by atoms with Gasteiger partial charge in [0, 0.05) is 5.54 Å². The average Bonchev–Trinajstić information content (AvgIpc) is 2.37. The van der Waals surface area contributed by atoms with Gasteiger partial charge in [0.2, 0.25) is 0 Å². The highest BCUT2D eigenvalue weighted by molar-refractivity contribution is 5.68. The van der Waals surface area contributed by atoms with E-state index in [4.69, 9.17) is 14.6 Å². The fourth-order valence-corrected chi connectivity index (χ4v) is 1.20. The van der Waals surface area contributed by atoms with Gasteiger partial charge < -0.3 is 15.2 Å². The Hall–Kier alpha value is -2.04. The van der Waals surface area contributed by atoms with Crippen molar-refractivity contribution in [2.75, 3.05) is 0 Å². The Morgan fingerprint density at radius 3 is 2.10 bits per heavy atom. The van der Waals surface area contributed by atoms with Gasteiger partial charge >= 0.3 is 6.09 Å². The first kappa shape index (κ1) is 19.0. The first-order valence-corrected chi connectivity index (χ1v) is 6.71. The van der Waals surface area contributed by atoms with Crippen LogP contribution in [0.1, 0.15) is 40.2 Å². The Bertz CT molecular complexity index is 435. The minimum atomic E-state index is -0.376. The van der Waals surface area contributed by atoms with Crippen molar-refractivity contribution >= 4 is 12.6 Å². The van der Waals surface area contributed by atoms with Gasteiger partial charge in [-0.05, 0) is 24.8 Å². The molecule has 5 nitrogen and oxygen atoms in total. The molecule has 0 radical (unpaired) electrons. The number of hydrogen-bond acceptors (Lipinski definition) is 3. The largest absolute Gasteiger partial charge is 0.483 e. The number of benzene rings is 1. The highest BCUT2D eigenvalue weighted by atomic mass is 16.5. The van der Waals surface area contributed by atoms with Gasteiger partial charge in [-0.3, -0.25) is 4.79 Å². The maximum Gasteiger partial charge on any atom is 0.407 e. The molecule has 0 saturated carbocycles. The molecule has 2 N–H and O–H groups in total. The number of nitrogens with one attached hydrogen (secondary N) is 1. The quantitative estimate of drug-likeness (QED) is 0.838. The molecule has 0 aliphatic carbocycles. The van der Waals surface area contributed by atoms with Gasteiger partial charge in [0.15, 0.2) is 0 Å². The highest BCUT2D eigenvalue weighted by Crippen LogP contribution is 2.29. The Morgan fingerprint density at radius 2 is 1.67 bits per heavy atom. The first-order valence-electron chi connectivity index (χ1n) is 6.71. The summed E-state index contributed by atoms with van der Waals surface area (Å²) in [6.07, 6.45) is -0.376. The molecule has 21 heavy (non-hydrogen) atoms. The molecule has 0 atom stereocenters. The van der Waals surface area contributed by atoms with Gasteiger partial charge in [-0.15, -0.1) is 0 Å². The van der Waals surface area contributed by atoms with Crippen LogP contribution in [0.5, 0.6) is 0 Å². The second kappa shape index (κ2) is 8.29. The summed E-state index contributed by atoms with van der Waals surface area (Å²) in [7, 11) is 0. The second-order valence-electron chi connectivity index (χ2n) is 6.17. The van der Waals surface area contributed by atoms with Crippen LogP contribution in [0.2, 0.25) is 0 Å². The second-order valence-corrected chi connectivity index (χ2v) is 6.17. The van der Waals surface area contributed by atoms with Crippen LogP contribution in [0, 0.1) is 5.41 Å². The van der Waals surface area contributed by atoms with E-state index in [0.29, 0.717) is 6.61 Å². The third kappa shape index (κ3) is 7.34. The summed E-state index contributed by atoms with van der Waals surface area (Å²) in [5.41, 5.74) is 0.640. The van der Waals surface area contributed by atoms with E-state index in [1.807, 2.05) is 44.2 Å². The fraction of sp³-hybridized carbons (Fsp3) is 0.500. The Morgan fingerprint density at radius 1 is 1.19 bits per heavy atom. The molecule has 0 bridgehead atoms. The van der Waals surface area contributed by atoms with Crippen molar-refractivity contribution in [3.05, 3.63) is 35.9 Å². The standard InChI is InChI=1S/C15H23NO2.CH2O2/c1-14(2,3)15(4,5)16-13(17)18-11-12-9-7-6-8-10-12;2-1-3/h6-10H,11H2,1-5H3,(H,16,17);1H,(H,2,3). The molecule has 0 aromatic heterocycles. The fourth-order valence-electron chi connectivity index (χ4n) is 1.20. The first-order chi connectivity index (χ1) is 9.64. The van der Waals surface area contributed by atoms with Crippen LogP contribution in [0.3, 0.4) is 0 Å². The van der Waals surface area contributed by atoms with Crippen LogP contribution in [0.25, 0.3) is 0 Å². The lowest BCUT2D eigenvalue weighted by molar-refractivity contribution is -0.122. The van der Waals surface area contributed by atoms with Crippen LogP contribution in [0.15, 0.2) is 30.3 Å². The molecular weight excluding hydrogens is 270 g/mol. The molecule has 0 aliphatic rings. The highest BCUT2D eigenvalue weighted by Gasteiger charge is 2.34. The van der Waals surface area contributed by atoms with Gasteiger partial charge in [-0.1, -0.05) is 51.1 Å². The summed E-state index contributed by atoms with van der Waals surface area (Å²) in [6, 6.07) is 9.65. The van der Waals surface area contributed by atoms with E-state index in [0.717, 1.165) is 5.56 Å². The number of ether oxygens (including phenoxy) is 1. The van der Waals surface area contributed by atoms with Crippen molar-refractivity contribution in [3.8, 4) is 0 Å². The zero-order valence-electron chi connectivity index (χ0n) is 13.3. The van der Waals surface area contributed by atoms with Crippen molar-refractivity contribution < 1.29 is 19.4 Å². The average molecular weight is 295 g/mol. The van der Waals surface area contributed by atoms with Crippen LogP contribution in [-0.2, 0) is 16.1 Å². The molecule has 1 amide bonds. The van der Waals surface area contributed by atoms with Crippen LogP contribution >= 0.6 is 0 Å². The Kier molecular flexibility index (Phi) is 7.49. The van der Waals surface area contributed by atoms with E-state index in [1.54, 1.807) is 0 Å². The summed E-state index contributed by atoms with van der Waals surface area (Å²) < 4.78 is 5.21. The SMILES string of the molecule is CC(C)(C)C(C)(C)NC(=O)OCc1ccccc1.O=CO. The normalized spacial score (nSPS) is 10.9. The van der Waals surface area contributed by atoms with Crippen molar-refractivity contribution in [2.45, 2.75) is 46.8 Å². The number of carboxylic acid groups (broad SMARTS) is 1. The van der Waals surface area contributed by atoms with Crippen LogP contribution in [0.4, 0.5) is 4.79 Å². The van der Waals surface area contributed by atoms with E-state index >= 15 is 0 Å². The monoisotopic (exact) mass is 295 g/mol. The topological polar surface area (TPSA) is 75.6 Å². The molecule has 118 valence electrons. The van der Waals surface area contributed by atoms with Crippen molar-refractivity contribution in [3.63, 3.8) is 0 Å². The number of alkyl carbamates (subject to hydrolysis) is 1. The van der Waals surface area contributed by atoms with Gasteiger partial charge in [0.25, 0.3) is 6.47 Å². The summed E-state index contributed by atoms with van der Waals surface area (Å²) >= 11 is 0. The lowest BCUT2D eigenvalue weighted by Crippen LogP contribution is -2.52. The summed E-state index contributed by atoms with van der Waals surface area (Å²) in [6.45, 7) is 10.3. The molecule has 0 unspecified atom stereocenters. The number of rotatable bonds is 3. The lowest BCUT2D eigenvalue weighted by Gasteiger charge is -2.39. The van der Waals surface area contributed by atoms with Crippen LogP contribution in [-0.4, -0.2) is 23.2 Å². The zero-order chi connectivity index (χ0) is 16.5. The van der Waals surface area contributed by atoms with E-state index in [-0.39, 0.29) is 23.5 Å². The van der Waals surface area contributed by atoms with Gasteiger partial charge in [-0.25, -0.2) is 4.79 Å². The zero-order valence-corrected chi connectivity index (χ0v) is 13.3. The Balaban J connectivity index is 0.00000122. The lowest BCUT2D eigenvalue weighted by atomic mass is 9.76. The number of hydrogen-bond donors (Lipinski definition) is 2. The maximum absolute atomic E-state index is 11.7. The number of carbonyl (C=O) groups excluding carboxylic acids is 1. The van der Waals surface area contributed by atoms with E-state index < -0.39 is 0 Å². The summed E-state index contributed by atoms with van der Waals surface area (Å²) in [5, 5.41) is 9.79. The third-order valence-electron chi connectivity index (χ3n) is 3.50. The third-order valence-corrected chi connectivity index (χ3v) is 3.50. The summed E-state index contributed by atoms with van der Waals surface area (Å²) in [4.78, 5) is 20.1. The van der Waals surface area contributed by atoms with Crippen molar-refractivity contribution in [1.82, 2.24) is 5.32 Å². The van der Waals surface area contributed by atoms with Gasteiger partial charge in [-0.2, -0.15) is 0 Å². The Labute approximate surface area is 126 Å². The van der Waals surface area contributed by atoms with Crippen LogP contribution < -0.4 is 5.32 Å². The summed E-state index contributed by atoms with van der Waals surface area (Å²) in [5.74, 6) is 0. The van der Waals surface area contributed by atoms with Crippen molar-refractivity contribution in [2.24, 2.45) is 5.41 Å². The predicted octanol–water partition coefficient (Wildman–Crippen LogP) is 3.44. The van der Waals surface area contributed by atoms with E-state index in [2.05, 4.69) is 26.1 Å². The molecule has 0 fully saturated rings. The smallest absolute Gasteiger partial charge is 0.407 e. The molecule has 5 heteroatoms. The maximum atomic E-state index is 11.7.